The average Bonchev–Trinajstić information content (AvgIpc) is 2.80. The molecule has 5 nitrogen and oxygen atoms in total. The van der Waals surface area contributed by atoms with E-state index in [2.05, 4.69) is 20.3 Å². The second kappa shape index (κ2) is 4.48. The molecule has 0 fully saturated rings. The van der Waals surface area contributed by atoms with Gasteiger partial charge in [0.15, 0.2) is 5.69 Å². The summed E-state index contributed by atoms with van der Waals surface area (Å²) in [5, 5.41) is 13.5. The lowest BCUT2D eigenvalue weighted by atomic mass is 10.4. The van der Waals surface area contributed by atoms with Gasteiger partial charge in [0.2, 0.25) is 0 Å². The Morgan fingerprint density at radius 3 is 2.87 bits per heavy atom. The Hall–Kier alpha value is -2.00. The van der Waals surface area contributed by atoms with Crippen LogP contribution in [0.25, 0.3) is 0 Å². The number of thiazole rings is 1. The summed E-state index contributed by atoms with van der Waals surface area (Å²) < 4.78 is 0. The molecule has 2 aromatic rings. The van der Waals surface area contributed by atoms with E-state index in [4.69, 9.17) is 5.26 Å². The summed E-state index contributed by atoms with van der Waals surface area (Å²) in [6.45, 7) is 0.615. The molecule has 0 spiro atoms. The summed E-state index contributed by atoms with van der Waals surface area (Å²) in [6.07, 6.45) is 2.97. The lowest BCUT2D eigenvalue weighted by Gasteiger charge is -2.01. The van der Waals surface area contributed by atoms with E-state index in [1.54, 1.807) is 16.8 Å². The lowest BCUT2D eigenvalue weighted by molar-refractivity contribution is 1.04. The van der Waals surface area contributed by atoms with Gasteiger partial charge in [-0.15, -0.1) is 11.3 Å². The zero-order chi connectivity index (χ0) is 10.5. The number of anilines is 1. The van der Waals surface area contributed by atoms with Gasteiger partial charge >= 0.3 is 0 Å². The third kappa shape index (κ3) is 2.48. The van der Waals surface area contributed by atoms with Crippen molar-refractivity contribution in [1.29, 1.82) is 5.26 Å². The minimum Gasteiger partial charge on any atom is -0.363 e. The highest BCUT2D eigenvalue weighted by atomic mass is 32.1. The first-order chi connectivity index (χ1) is 7.38. The van der Waals surface area contributed by atoms with Crippen LogP contribution in [0.4, 0.5) is 5.82 Å². The summed E-state index contributed by atoms with van der Waals surface area (Å²) >= 11 is 1.55. The summed E-state index contributed by atoms with van der Waals surface area (Å²) in [5.41, 5.74) is 3.06. The first kappa shape index (κ1) is 9.55. The molecule has 0 aliphatic rings. The van der Waals surface area contributed by atoms with Crippen LogP contribution in [0.2, 0.25) is 0 Å². The highest BCUT2D eigenvalue weighted by Crippen LogP contribution is 2.05. The van der Waals surface area contributed by atoms with Gasteiger partial charge in [-0.2, -0.15) is 5.26 Å². The Morgan fingerprint density at radius 2 is 2.27 bits per heavy atom. The minimum atomic E-state index is 0.314. The van der Waals surface area contributed by atoms with Crippen LogP contribution < -0.4 is 5.32 Å². The second-order valence-corrected chi connectivity index (χ2v) is 3.45. The topological polar surface area (TPSA) is 74.5 Å². The van der Waals surface area contributed by atoms with Gasteiger partial charge in [0.05, 0.1) is 30.1 Å². The fourth-order valence-electron chi connectivity index (χ4n) is 0.983. The molecule has 0 radical (unpaired) electrons. The van der Waals surface area contributed by atoms with Crippen molar-refractivity contribution >= 4 is 17.2 Å². The Balaban J connectivity index is 1.97. The molecule has 2 rings (SSSR count). The van der Waals surface area contributed by atoms with Crippen LogP contribution in [0.5, 0.6) is 0 Å². The van der Waals surface area contributed by atoms with Crippen molar-refractivity contribution in [2.75, 3.05) is 5.32 Å². The fourth-order valence-corrected chi connectivity index (χ4v) is 1.54. The fraction of sp³-hybridized carbons (Fsp3) is 0.111. The quantitative estimate of drug-likeness (QED) is 0.841. The van der Waals surface area contributed by atoms with E-state index in [1.165, 1.54) is 12.4 Å². The maximum Gasteiger partial charge on any atom is 0.158 e. The van der Waals surface area contributed by atoms with Gasteiger partial charge in [-0.25, -0.2) is 15.0 Å². The molecule has 0 saturated carbocycles. The molecule has 0 amide bonds. The van der Waals surface area contributed by atoms with Gasteiger partial charge in [-0.1, -0.05) is 0 Å². The monoisotopic (exact) mass is 217 g/mol. The predicted molar refractivity (Wildman–Crippen MR) is 56.2 cm³/mol. The van der Waals surface area contributed by atoms with E-state index in [0.29, 0.717) is 18.1 Å². The third-order valence-corrected chi connectivity index (χ3v) is 2.34. The summed E-state index contributed by atoms with van der Waals surface area (Å²) in [5.74, 6) is 0.641. The van der Waals surface area contributed by atoms with Gasteiger partial charge < -0.3 is 5.32 Å². The molecule has 1 N–H and O–H groups in total. The molecule has 0 atom stereocenters. The van der Waals surface area contributed by atoms with Crippen LogP contribution in [0.1, 0.15) is 11.4 Å². The Bertz CT molecular complexity index is 456. The van der Waals surface area contributed by atoms with Crippen LogP contribution in [0.15, 0.2) is 23.3 Å². The number of aromatic nitrogens is 3. The number of nitriles is 1. The Kier molecular flexibility index (Phi) is 2.85. The van der Waals surface area contributed by atoms with E-state index < -0.39 is 0 Å². The highest BCUT2D eigenvalue weighted by Gasteiger charge is 1.97. The second-order valence-electron chi connectivity index (χ2n) is 2.73. The van der Waals surface area contributed by atoms with Crippen LogP contribution in [0.3, 0.4) is 0 Å². The molecule has 0 unspecified atom stereocenters. The molecule has 2 aromatic heterocycles. The zero-order valence-electron chi connectivity index (χ0n) is 7.71. The molecule has 0 saturated heterocycles. The van der Waals surface area contributed by atoms with Crippen molar-refractivity contribution < 1.29 is 0 Å². The van der Waals surface area contributed by atoms with Crippen molar-refractivity contribution in [1.82, 2.24) is 15.0 Å². The summed E-state index contributed by atoms with van der Waals surface area (Å²) in [4.78, 5) is 12.0. The van der Waals surface area contributed by atoms with E-state index in [1.807, 2.05) is 11.4 Å². The normalized spacial score (nSPS) is 9.53. The number of rotatable bonds is 3. The van der Waals surface area contributed by atoms with Gasteiger partial charge in [0, 0.05) is 5.38 Å². The van der Waals surface area contributed by atoms with Crippen LogP contribution in [-0.4, -0.2) is 15.0 Å². The van der Waals surface area contributed by atoms with E-state index >= 15 is 0 Å². The molecule has 0 bridgehead atoms. The molecule has 6 heteroatoms. The average molecular weight is 217 g/mol. The number of nitrogens with zero attached hydrogens (tertiary/aromatic N) is 4. The van der Waals surface area contributed by atoms with Gasteiger partial charge in [-0.3, -0.25) is 0 Å². The molecule has 0 aliphatic carbocycles. The van der Waals surface area contributed by atoms with E-state index in [0.717, 1.165) is 5.69 Å². The Labute approximate surface area is 90.5 Å². The minimum absolute atomic E-state index is 0.314. The zero-order valence-corrected chi connectivity index (χ0v) is 8.53. The van der Waals surface area contributed by atoms with Crippen molar-refractivity contribution in [2.24, 2.45) is 0 Å². The molecule has 15 heavy (non-hydrogen) atoms. The first-order valence-electron chi connectivity index (χ1n) is 4.21. The molecular formula is C9H7N5S. The third-order valence-electron chi connectivity index (χ3n) is 1.70. The van der Waals surface area contributed by atoms with E-state index in [9.17, 15) is 0 Å². The van der Waals surface area contributed by atoms with Crippen molar-refractivity contribution in [2.45, 2.75) is 6.54 Å². The molecule has 74 valence electrons. The molecule has 0 aromatic carbocycles. The lowest BCUT2D eigenvalue weighted by Crippen LogP contribution is -2.02. The van der Waals surface area contributed by atoms with Gasteiger partial charge in [0.1, 0.15) is 11.9 Å². The maximum atomic E-state index is 8.53. The standard InChI is InChI=1S/C9H7N5S/c10-1-7-2-12-9(4-11-7)13-3-8-5-15-6-14-8/h2,4-6H,3H2,(H,12,13). The van der Waals surface area contributed by atoms with E-state index in [-0.39, 0.29) is 0 Å². The molecule has 0 aliphatic heterocycles. The van der Waals surface area contributed by atoms with Crippen LogP contribution in [0, 0.1) is 11.3 Å². The van der Waals surface area contributed by atoms with Gasteiger partial charge in [-0.05, 0) is 0 Å². The molecular weight excluding hydrogens is 210 g/mol. The first-order valence-corrected chi connectivity index (χ1v) is 5.16. The van der Waals surface area contributed by atoms with Crippen LogP contribution >= 0.6 is 11.3 Å². The number of hydrogen-bond acceptors (Lipinski definition) is 6. The smallest absolute Gasteiger partial charge is 0.158 e. The largest absolute Gasteiger partial charge is 0.363 e. The predicted octanol–water partition coefficient (Wildman–Crippen LogP) is 1.42. The van der Waals surface area contributed by atoms with Crippen molar-refractivity contribution in [3.05, 3.63) is 34.7 Å². The maximum absolute atomic E-state index is 8.53. The summed E-state index contributed by atoms with van der Waals surface area (Å²) in [6, 6.07) is 1.91. The van der Waals surface area contributed by atoms with Crippen molar-refractivity contribution in [3.8, 4) is 6.07 Å². The molecule has 2 heterocycles. The SMILES string of the molecule is N#Cc1cnc(NCc2cscn2)cn1. The highest BCUT2D eigenvalue weighted by molar-refractivity contribution is 7.07. The Morgan fingerprint density at radius 1 is 1.33 bits per heavy atom. The number of nitrogens with one attached hydrogen (secondary N) is 1. The van der Waals surface area contributed by atoms with Crippen LogP contribution in [-0.2, 0) is 6.54 Å². The van der Waals surface area contributed by atoms with Crippen molar-refractivity contribution in [3.63, 3.8) is 0 Å². The summed E-state index contributed by atoms with van der Waals surface area (Å²) in [7, 11) is 0. The van der Waals surface area contributed by atoms with Gasteiger partial charge in [0.25, 0.3) is 0 Å². The number of hydrogen-bond donors (Lipinski definition) is 1.